The average molecular weight is 648 g/mol. The Kier molecular flexibility index (Phi) is 10.9. The van der Waals surface area contributed by atoms with E-state index in [-0.39, 0.29) is 50.0 Å². The van der Waals surface area contributed by atoms with Crippen molar-refractivity contribution in [2.24, 2.45) is 17.1 Å². The van der Waals surface area contributed by atoms with E-state index >= 15 is 0 Å². The normalized spacial score (nSPS) is 22.3. The average Bonchev–Trinajstić information content (AvgIpc) is 3.75. The van der Waals surface area contributed by atoms with Crippen LogP contribution in [0.5, 0.6) is 11.5 Å². The maximum absolute atomic E-state index is 14.2. The number of ether oxygens (including phenoxy) is 5. The van der Waals surface area contributed by atoms with Crippen molar-refractivity contribution >= 4 is 16.1 Å². The Morgan fingerprint density at radius 2 is 1.91 bits per heavy atom. The van der Waals surface area contributed by atoms with Crippen molar-refractivity contribution in [3.63, 3.8) is 0 Å². The number of sulfonamides is 1. The molecule has 5 atom stereocenters. The molecule has 2 saturated heterocycles. The molecule has 13 heteroatoms. The van der Waals surface area contributed by atoms with Gasteiger partial charge in [0.1, 0.15) is 6.10 Å². The lowest BCUT2D eigenvalue weighted by Gasteiger charge is -2.35. The first-order valence-corrected chi connectivity index (χ1v) is 17.0. The van der Waals surface area contributed by atoms with Crippen molar-refractivity contribution in [3.05, 3.63) is 54.1 Å². The zero-order valence-corrected chi connectivity index (χ0v) is 26.7. The number of alkyl carbamates (subject to hydrolysis) is 1. The van der Waals surface area contributed by atoms with E-state index in [2.05, 4.69) is 5.32 Å². The molecule has 3 unspecified atom stereocenters. The van der Waals surface area contributed by atoms with E-state index in [1.54, 1.807) is 6.07 Å². The maximum Gasteiger partial charge on any atom is 0.407 e. The number of carbonyl (C=O) groups excluding carboxylic acids is 1. The molecule has 0 spiro atoms. The molecule has 12 nitrogen and oxygen atoms in total. The summed E-state index contributed by atoms with van der Waals surface area (Å²) in [6, 6.07) is 13.0. The third-order valence-corrected chi connectivity index (χ3v) is 10.4. The number of aliphatic hydroxyl groups is 1. The van der Waals surface area contributed by atoms with Gasteiger partial charge in [0, 0.05) is 19.2 Å². The number of hydrogen-bond acceptors (Lipinski definition) is 10. The number of rotatable bonds is 15. The summed E-state index contributed by atoms with van der Waals surface area (Å²) in [4.78, 5) is 13.2. The van der Waals surface area contributed by atoms with Gasteiger partial charge in [-0.05, 0) is 55.3 Å². The fourth-order valence-corrected chi connectivity index (χ4v) is 7.76. The summed E-state index contributed by atoms with van der Waals surface area (Å²) in [6.07, 6.45) is 0.559. The van der Waals surface area contributed by atoms with Gasteiger partial charge in [-0.15, -0.1) is 0 Å². The predicted molar refractivity (Wildman–Crippen MR) is 165 cm³/mol. The third-order valence-electron chi connectivity index (χ3n) is 8.59. The van der Waals surface area contributed by atoms with Gasteiger partial charge in [0.05, 0.1) is 36.2 Å². The lowest BCUT2D eigenvalue weighted by Crippen LogP contribution is -2.52. The van der Waals surface area contributed by atoms with Gasteiger partial charge < -0.3 is 39.8 Å². The van der Waals surface area contributed by atoms with E-state index in [0.29, 0.717) is 24.7 Å². The van der Waals surface area contributed by atoms with Crippen molar-refractivity contribution in [3.8, 4) is 11.5 Å². The molecule has 0 radical (unpaired) electrons. The van der Waals surface area contributed by atoms with E-state index < -0.39 is 39.8 Å². The van der Waals surface area contributed by atoms with Gasteiger partial charge in [-0.3, -0.25) is 0 Å². The molecule has 0 aromatic heterocycles. The number of carbonyl (C=O) groups is 1. The second-order valence-electron chi connectivity index (χ2n) is 12.7. The Balaban J connectivity index is 1.37. The van der Waals surface area contributed by atoms with Crippen molar-refractivity contribution in [2.45, 2.75) is 75.4 Å². The molecule has 2 aromatic carbocycles. The third kappa shape index (κ3) is 8.46. The van der Waals surface area contributed by atoms with Gasteiger partial charge in [-0.2, -0.15) is 4.31 Å². The minimum absolute atomic E-state index is 0.0137. The van der Waals surface area contributed by atoms with Gasteiger partial charge in [0.15, 0.2) is 17.8 Å². The molecule has 1 amide bonds. The van der Waals surface area contributed by atoms with E-state index in [1.807, 2.05) is 44.2 Å². The number of unbranched alkanes of at least 4 members (excludes halogenated alkanes) is 1. The highest BCUT2D eigenvalue weighted by molar-refractivity contribution is 7.89. The Morgan fingerprint density at radius 1 is 1.13 bits per heavy atom. The Bertz CT molecular complexity index is 1390. The highest BCUT2D eigenvalue weighted by atomic mass is 32.2. The van der Waals surface area contributed by atoms with Crippen LogP contribution in [-0.4, -0.2) is 88.1 Å². The lowest BCUT2D eigenvalue weighted by atomic mass is 9.87. The summed E-state index contributed by atoms with van der Waals surface area (Å²) >= 11 is 0. The number of aliphatic hydroxyl groups excluding tert-OH is 1. The molecule has 0 bridgehead atoms. The number of hydrogen-bond donors (Lipinski definition) is 3. The second-order valence-corrected chi connectivity index (χ2v) is 14.6. The molecule has 0 saturated carbocycles. The quantitative estimate of drug-likeness (QED) is 0.245. The molecule has 2 fully saturated rings. The molecule has 3 aliphatic heterocycles. The van der Waals surface area contributed by atoms with Gasteiger partial charge in [0.25, 0.3) is 0 Å². The second kappa shape index (κ2) is 14.7. The molecular weight excluding hydrogens is 602 g/mol. The minimum atomic E-state index is -4.11. The summed E-state index contributed by atoms with van der Waals surface area (Å²) in [6.45, 7) is 5.21. The fourth-order valence-electron chi connectivity index (χ4n) is 6.10. The predicted octanol–water partition coefficient (Wildman–Crippen LogP) is 3.02. The molecule has 2 aromatic rings. The number of nitrogens with zero attached hydrogens (tertiary/aromatic N) is 1. The zero-order chi connectivity index (χ0) is 32.0. The van der Waals surface area contributed by atoms with Crippen LogP contribution in [0.4, 0.5) is 4.79 Å². The number of benzene rings is 2. The van der Waals surface area contributed by atoms with E-state index in [1.165, 1.54) is 16.4 Å². The lowest BCUT2D eigenvalue weighted by molar-refractivity contribution is -0.0907. The van der Waals surface area contributed by atoms with Crippen LogP contribution in [0, 0.1) is 11.3 Å². The molecule has 4 N–H and O–H groups in total. The molecular formula is C32H45N3O9S. The first kappa shape index (κ1) is 33.4. The van der Waals surface area contributed by atoms with E-state index in [4.69, 9.17) is 29.4 Å². The molecule has 3 aliphatic rings. The number of nitrogens with two attached hydrogens (primary N) is 1. The molecule has 45 heavy (non-hydrogen) atoms. The molecule has 0 aliphatic carbocycles. The molecule has 248 valence electrons. The van der Waals surface area contributed by atoms with Crippen LogP contribution in [0.15, 0.2) is 53.4 Å². The van der Waals surface area contributed by atoms with Crippen LogP contribution >= 0.6 is 0 Å². The van der Waals surface area contributed by atoms with E-state index in [9.17, 15) is 18.3 Å². The first-order chi connectivity index (χ1) is 21.6. The Morgan fingerprint density at radius 3 is 2.69 bits per heavy atom. The van der Waals surface area contributed by atoms with Crippen molar-refractivity contribution in [1.29, 1.82) is 0 Å². The molecule has 5 rings (SSSR count). The van der Waals surface area contributed by atoms with Crippen LogP contribution in [0.2, 0.25) is 0 Å². The number of amides is 1. The van der Waals surface area contributed by atoms with Crippen LogP contribution in [0.3, 0.4) is 0 Å². The van der Waals surface area contributed by atoms with Gasteiger partial charge in [-0.1, -0.05) is 50.6 Å². The van der Waals surface area contributed by atoms with E-state index in [0.717, 1.165) is 31.2 Å². The largest absolute Gasteiger partial charge is 0.454 e. The summed E-state index contributed by atoms with van der Waals surface area (Å²) in [5, 5.41) is 14.5. The smallest absolute Gasteiger partial charge is 0.407 e. The summed E-state index contributed by atoms with van der Waals surface area (Å²) in [5.74, 6) is 0.768. The summed E-state index contributed by atoms with van der Waals surface area (Å²) < 4.78 is 57.3. The number of nitrogens with one attached hydrogen (secondary N) is 1. The standard InChI is InChI=1S/C32H45N3O9S/c1-32(2,13-6-7-14-33)20-35(45(38,39)23-10-11-27-28(17-23)43-21-42-27)18-26(36)25(16-22-8-4-3-5-9-22)34-31(37)44-29-19-41-30-24(29)12-15-40-30/h3-5,8-11,17,24-26,29-30,36H,6-7,12-16,18-21,33H2,1-2H3,(H,34,37)/t24?,25-,26-,29?,30?/m1/s1. The van der Waals surface area contributed by atoms with Crippen molar-refractivity contribution in [2.75, 3.05) is 39.6 Å². The van der Waals surface area contributed by atoms with Crippen molar-refractivity contribution < 1.29 is 42.0 Å². The maximum atomic E-state index is 14.2. The first-order valence-electron chi connectivity index (χ1n) is 15.6. The highest BCUT2D eigenvalue weighted by Crippen LogP contribution is 2.36. The van der Waals surface area contributed by atoms with Crippen LogP contribution < -0.4 is 20.5 Å². The minimum Gasteiger partial charge on any atom is -0.454 e. The molecule has 3 heterocycles. The van der Waals surface area contributed by atoms with Crippen LogP contribution in [0.25, 0.3) is 0 Å². The van der Waals surface area contributed by atoms with Gasteiger partial charge in [-0.25, -0.2) is 13.2 Å². The van der Waals surface area contributed by atoms with Crippen LogP contribution in [0.1, 0.15) is 45.1 Å². The van der Waals surface area contributed by atoms with Crippen molar-refractivity contribution in [1.82, 2.24) is 9.62 Å². The Labute approximate surface area is 265 Å². The SMILES string of the molecule is CC(C)(CCCCN)CN(C[C@@H](O)[C@@H](Cc1ccccc1)NC(=O)OC1COC2OCCC12)S(=O)(=O)c1ccc2c(c1)OCO2. The van der Waals surface area contributed by atoms with Gasteiger partial charge >= 0.3 is 6.09 Å². The Hall–Kier alpha value is -2.94. The zero-order valence-electron chi connectivity index (χ0n) is 25.9. The van der Waals surface area contributed by atoms with Gasteiger partial charge in [0.2, 0.25) is 16.8 Å². The topological polar surface area (TPSA) is 159 Å². The highest BCUT2D eigenvalue weighted by Gasteiger charge is 2.44. The summed E-state index contributed by atoms with van der Waals surface area (Å²) in [5.41, 5.74) is 6.14. The number of fused-ring (bicyclic) bond motifs is 2. The fraction of sp³-hybridized carbons (Fsp3) is 0.594. The monoisotopic (exact) mass is 647 g/mol. The van der Waals surface area contributed by atoms with Crippen LogP contribution in [-0.2, 0) is 30.7 Å². The summed E-state index contributed by atoms with van der Waals surface area (Å²) in [7, 11) is -4.11.